The van der Waals surface area contributed by atoms with Gasteiger partial charge in [-0.05, 0) is 30.7 Å². The summed E-state index contributed by atoms with van der Waals surface area (Å²) < 4.78 is 26.8. The Morgan fingerprint density at radius 2 is 2.00 bits per heavy atom. The van der Waals surface area contributed by atoms with E-state index in [-0.39, 0.29) is 21.0 Å². The number of anilines is 1. The SMILES string of the molecule is Nc1nc(=O)n(C2CCCS2)cc1S(=O)(=O)c1ccccc1. The van der Waals surface area contributed by atoms with Crippen molar-refractivity contribution < 1.29 is 8.42 Å². The molecule has 6 nitrogen and oxygen atoms in total. The van der Waals surface area contributed by atoms with Crippen molar-refractivity contribution in [2.45, 2.75) is 28.0 Å². The van der Waals surface area contributed by atoms with Crippen molar-refractivity contribution >= 4 is 27.4 Å². The lowest BCUT2D eigenvalue weighted by Crippen LogP contribution is -2.27. The van der Waals surface area contributed by atoms with Crippen LogP contribution in [0.2, 0.25) is 0 Å². The second-order valence-electron chi connectivity index (χ2n) is 4.96. The third-order valence-electron chi connectivity index (χ3n) is 3.50. The fraction of sp³-hybridized carbons (Fsp3) is 0.286. The Hall–Kier alpha value is -1.80. The molecular weight excluding hydrogens is 322 g/mol. The fourth-order valence-corrected chi connectivity index (χ4v) is 4.98. The van der Waals surface area contributed by atoms with Crippen molar-refractivity contribution in [3.05, 3.63) is 47.0 Å². The molecular formula is C14H15N3O3S2. The number of nitrogen functional groups attached to an aromatic ring is 1. The molecule has 1 atom stereocenters. The van der Waals surface area contributed by atoms with Crippen LogP contribution in [0.25, 0.3) is 0 Å². The number of benzene rings is 1. The molecule has 2 N–H and O–H groups in total. The number of rotatable bonds is 3. The zero-order valence-electron chi connectivity index (χ0n) is 11.7. The molecule has 0 saturated carbocycles. The minimum Gasteiger partial charge on any atom is -0.382 e. The van der Waals surface area contributed by atoms with Crippen molar-refractivity contribution in [1.29, 1.82) is 0 Å². The van der Waals surface area contributed by atoms with Crippen LogP contribution in [0, 0.1) is 0 Å². The van der Waals surface area contributed by atoms with Crippen LogP contribution in [0.5, 0.6) is 0 Å². The highest BCUT2D eigenvalue weighted by Crippen LogP contribution is 2.35. The molecule has 22 heavy (non-hydrogen) atoms. The molecule has 2 aromatic rings. The molecule has 3 rings (SSSR count). The molecule has 1 aromatic heterocycles. The Morgan fingerprint density at radius 3 is 2.64 bits per heavy atom. The Balaban J connectivity index is 2.15. The summed E-state index contributed by atoms with van der Waals surface area (Å²) in [7, 11) is -3.79. The van der Waals surface area contributed by atoms with Gasteiger partial charge in [-0.15, -0.1) is 11.8 Å². The number of hydrogen-bond acceptors (Lipinski definition) is 6. The van der Waals surface area contributed by atoms with Gasteiger partial charge in [0, 0.05) is 6.20 Å². The van der Waals surface area contributed by atoms with E-state index < -0.39 is 15.5 Å². The number of nitrogens with two attached hydrogens (primary N) is 1. The zero-order chi connectivity index (χ0) is 15.7. The third-order valence-corrected chi connectivity index (χ3v) is 6.66. The number of thioether (sulfide) groups is 1. The van der Waals surface area contributed by atoms with E-state index in [9.17, 15) is 13.2 Å². The predicted octanol–water partition coefficient (Wildman–Crippen LogP) is 1.68. The van der Waals surface area contributed by atoms with Gasteiger partial charge < -0.3 is 5.73 Å². The van der Waals surface area contributed by atoms with E-state index in [1.165, 1.54) is 22.9 Å². The van der Waals surface area contributed by atoms with Gasteiger partial charge in [-0.25, -0.2) is 13.2 Å². The molecule has 1 saturated heterocycles. The largest absolute Gasteiger partial charge is 0.382 e. The summed E-state index contributed by atoms with van der Waals surface area (Å²) >= 11 is 1.62. The zero-order valence-corrected chi connectivity index (χ0v) is 13.3. The quantitative estimate of drug-likeness (QED) is 0.915. The summed E-state index contributed by atoms with van der Waals surface area (Å²) in [5.41, 5.74) is 5.19. The third kappa shape index (κ3) is 2.64. The summed E-state index contributed by atoms with van der Waals surface area (Å²) in [5.74, 6) is 0.690. The van der Waals surface area contributed by atoms with Gasteiger partial charge in [-0.1, -0.05) is 18.2 Å². The second-order valence-corrected chi connectivity index (χ2v) is 8.17. The molecule has 0 spiro atoms. The van der Waals surface area contributed by atoms with E-state index in [2.05, 4.69) is 4.98 Å². The van der Waals surface area contributed by atoms with Crippen molar-refractivity contribution in [3.8, 4) is 0 Å². The van der Waals surface area contributed by atoms with E-state index in [1.807, 2.05) is 0 Å². The number of aromatic nitrogens is 2. The van der Waals surface area contributed by atoms with E-state index in [0.717, 1.165) is 18.6 Å². The molecule has 1 aromatic carbocycles. The summed E-state index contributed by atoms with van der Waals surface area (Å²) in [6.07, 6.45) is 3.14. The molecule has 8 heteroatoms. The molecule has 116 valence electrons. The van der Waals surface area contributed by atoms with Crippen LogP contribution >= 0.6 is 11.8 Å². The molecule has 2 heterocycles. The van der Waals surface area contributed by atoms with Gasteiger partial charge >= 0.3 is 5.69 Å². The normalized spacial score (nSPS) is 18.5. The average Bonchev–Trinajstić information content (AvgIpc) is 3.02. The van der Waals surface area contributed by atoms with E-state index >= 15 is 0 Å². The van der Waals surface area contributed by atoms with Gasteiger partial charge in [0.1, 0.15) is 10.7 Å². The van der Waals surface area contributed by atoms with Crippen LogP contribution in [0.4, 0.5) is 5.82 Å². The van der Waals surface area contributed by atoms with Gasteiger partial charge in [0.15, 0.2) is 0 Å². The lowest BCUT2D eigenvalue weighted by atomic mass is 10.3. The Morgan fingerprint density at radius 1 is 1.27 bits per heavy atom. The molecule has 0 aliphatic carbocycles. The highest BCUT2D eigenvalue weighted by molar-refractivity contribution is 7.99. The van der Waals surface area contributed by atoms with Crippen LogP contribution in [0.15, 0.2) is 51.1 Å². The minimum atomic E-state index is -3.79. The van der Waals surface area contributed by atoms with Crippen LogP contribution in [-0.4, -0.2) is 23.7 Å². The smallest absolute Gasteiger partial charge is 0.350 e. The first-order chi connectivity index (χ1) is 10.5. The van der Waals surface area contributed by atoms with Crippen LogP contribution in [-0.2, 0) is 9.84 Å². The summed E-state index contributed by atoms with van der Waals surface area (Å²) in [6.45, 7) is 0. The van der Waals surface area contributed by atoms with E-state index in [1.54, 1.807) is 30.0 Å². The van der Waals surface area contributed by atoms with Crippen molar-refractivity contribution in [1.82, 2.24) is 9.55 Å². The number of sulfone groups is 1. The van der Waals surface area contributed by atoms with Crippen molar-refractivity contribution in [3.63, 3.8) is 0 Å². The molecule has 0 radical (unpaired) electrons. The Bertz CT molecular complexity index is 841. The van der Waals surface area contributed by atoms with E-state index in [0.29, 0.717) is 0 Å². The lowest BCUT2D eigenvalue weighted by molar-refractivity contribution is 0.580. The number of hydrogen-bond donors (Lipinski definition) is 1. The van der Waals surface area contributed by atoms with E-state index in [4.69, 9.17) is 5.73 Å². The van der Waals surface area contributed by atoms with Crippen LogP contribution in [0.3, 0.4) is 0 Å². The molecule has 1 aliphatic heterocycles. The maximum atomic E-state index is 12.7. The van der Waals surface area contributed by atoms with Crippen molar-refractivity contribution in [2.75, 3.05) is 11.5 Å². The molecule has 0 bridgehead atoms. The first-order valence-corrected chi connectivity index (χ1v) is 9.34. The summed E-state index contributed by atoms with van der Waals surface area (Å²) in [5, 5.41) is -0.0784. The first-order valence-electron chi connectivity index (χ1n) is 6.80. The lowest BCUT2D eigenvalue weighted by Gasteiger charge is -2.15. The monoisotopic (exact) mass is 337 g/mol. The van der Waals surface area contributed by atoms with Gasteiger partial charge in [-0.2, -0.15) is 4.98 Å². The first kappa shape index (κ1) is 15.1. The molecule has 1 aliphatic rings. The summed E-state index contributed by atoms with van der Waals surface area (Å²) in [6, 6.07) is 8.00. The highest BCUT2D eigenvalue weighted by atomic mass is 32.2. The molecule has 1 unspecified atom stereocenters. The minimum absolute atomic E-state index is 0.0784. The van der Waals surface area contributed by atoms with Gasteiger partial charge in [0.25, 0.3) is 0 Å². The second kappa shape index (κ2) is 5.77. The molecule has 1 fully saturated rings. The Kier molecular flexibility index (Phi) is 3.96. The fourth-order valence-electron chi connectivity index (χ4n) is 2.38. The van der Waals surface area contributed by atoms with Crippen LogP contribution in [0.1, 0.15) is 18.2 Å². The van der Waals surface area contributed by atoms with Gasteiger partial charge in [-0.3, -0.25) is 4.57 Å². The summed E-state index contributed by atoms with van der Waals surface area (Å²) in [4.78, 5) is 15.7. The standard InChI is InChI=1S/C14H15N3O3S2/c15-13-11(22(19,20)10-5-2-1-3-6-10)9-17(14(18)16-13)12-7-4-8-21-12/h1-3,5-6,9,12H,4,7-8H2,(H2,15,16,18). The Labute approximate surface area is 132 Å². The highest BCUT2D eigenvalue weighted by Gasteiger charge is 2.26. The average molecular weight is 337 g/mol. The predicted molar refractivity (Wildman–Crippen MR) is 85.5 cm³/mol. The number of nitrogens with zero attached hydrogens (tertiary/aromatic N) is 2. The van der Waals surface area contributed by atoms with Gasteiger partial charge in [0.05, 0.1) is 10.3 Å². The topological polar surface area (TPSA) is 95.0 Å². The maximum absolute atomic E-state index is 12.7. The molecule has 0 amide bonds. The van der Waals surface area contributed by atoms with Gasteiger partial charge in [0.2, 0.25) is 9.84 Å². The van der Waals surface area contributed by atoms with Crippen molar-refractivity contribution in [2.24, 2.45) is 0 Å². The maximum Gasteiger partial charge on any atom is 0.350 e. The van der Waals surface area contributed by atoms with Crippen LogP contribution < -0.4 is 11.4 Å².